The van der Waals surface area contributed by atoms with Crippen LogP contribution in [0.15, 0.2) is 0 Å². The lowest BCUT2D eigenvalue weighted by molar-refractivity contribution is -0.125. The summed E-state index contributed by atoms with van der Waals surface area (Å²) in [7, 11) is 0. The molecule has 4 N–H and O–H groups in total. The van der Waals surface area contributed by atoms with E-state index in [0.717, 1.165) is 13.0 Å². The van der Waals surface area contributed by atoms with Crippen LogP contribution in [0.2, 0.25) is 0 Å². The second-order valence-electron chi connectivity index (χ2n) is 4.00. The van der Waals surface area contributed by atoms with Gasteiger partial charge in [0.05, 0.1) is 5.92 Å². The molecule has 0 saturated carbocycles. The fourth-order valence-corrected chi connectivity index (χ4v) is 1.82. The van der Waals surface area contributed by atoms with Crippen LogP contribution in [-0.4, -0.2) is 30.9 Å². The summed E-state index contributed by atoms with van der Waals surface area (Å²) in [5.74, 6) is -0.171. The average molecular weight is 213 g/mol. The number of amides is 2. The van der Waals surface area contributed by atoms with Crippen LogP contribution >= 0.6 is 0 Å². The van der Waals surface area contributed by atoms with Crippen LogP contribution in [-0.2, 0) is 9.59 Å². The van der Waals surface area contributed by atoms with E-state index in [1.807, 2.05) is 6.92 Å². The number of hydrogen-bond donors (Lipinski definition) is 3. The number of nitrogens with one attached hydrogen (secondary N) is 2. The van der Waals surface area contributed by atoms with E-state index >= 15 is 0 Å². The van der Waals surface area contributed by atoms with Crippen molar-refractivity contribution < 1.29 is 9.59 Å². The van der Waals surface area contributed by atoms with E-state index < -0.39 is 0 Å². The van der Waals surface area contributed by atoms with Gasteiger partial charge >= 0.3 is 0 Å². The van der Waals surface area contributed by atoms with Crippen molar-refractivity contribution in [2.24, 2.45) is 11.7 Å². The molecule has 5 heteroatoms. The number of carbonyl (C=O) groups excluding carboxylic acids is 2. The van der Waals surface area contributed by atoms with Crippen molar-refractivity contribution in [1.29, 1.82) is 0 Å². The zero-order chi connectivity index (χ0) is 11.3. The van der Waals surface area contributed by atoms with Crippen molar-refractivity contribution in [2.75, 3.05) is 13.1 Å². The summed E-state index contributed by atoms with van der Waals surface area (Å²) in [4.78, 5) is 22.1. The summed E-state index contributed by atoms with van der Waals surface area (Å²) in [5.41, 5.74) is 4.99. The first-order chi connectivity index (χ1) is 7.11. The summed E-state index contributed by atoms with van der Waals surface area (Å²) in [6.07, 6.45) is 1.84. The molecule has 1 rings (SSSR count). The molecule has 2 atom stereocenters. The first kappa shape index (κ1) is 12.0. The second kappa shape index (κ2) is 5.70. The second-order valence-corrected chi connectivity index (χ2v) is 4.00. The van der Waals surface area contributed by atoms with E-state index in [9.17, 15) is 9.59 Å². The van der Waals surface area contributed by atoms with Crippen LogP contribution in [0.1, 0.15) is 26.2 Å². The van der Waals surface area contributed by atoms with Gasteiger partial charge in [-0.2, -0.15) is 0 Å². The predicted octanol–water partition coefficient (Wildman–Crippen LogP) is -0.634. The average Bonchev–Trinajstić information content (AvgIpc) is 2.58. The zero-order valence-electron chi connectivity index (χ0n) is 9.08. The Bertz CT molecular complexity index is 243. The molecular weight excluding hydrogens is 194 g/mol. The van der Waals surface area contributed by atoms with Crippen molar-refractivity contribution >= 4 is 11.8 Å². The number of primary amides is 1. The minimum atomic E-state index is -0.319. The quantitative estimate of drug-likeness (QED) is 0.531. The van der Waals surface area contributed by atoms with Crippen LogP contribution in [0.5, 0.6) is 0 Å². The van der Waals surface area contributed by atoms with E-state index in [-0.39, 0.29) is 23.8 Å². The normalized spacial score (nSPS) is 25.1. The SMILES string of the molecule is CC1NCCC1C(=O)NCCCC(N)=O. The fraction of sp³-hybridized carbons (Fsp3) is 0.800. The number of hydrogen-bond acceptors (Lipinski definition) is 3. The molecule has 86 valence electrons. The summed E-state index contributed by atoms with van der Waals surface area (Å²) in [6, 6.07) is 0.251. The molecule has 0 radical (unpaired) electrons. The lowest BCUT2D eigenvalue weighted by Gasteiger charge is -2.14. The van der Waals surface area contributed by atoms with Gasteiger partial charge in [0.1, 0.15) is 0 Å². The third kappa shape index (κ3) is 3.87. The Hall–Kier alpha value is -1.10. The van der Waals surface area contributed by atoms with Crippen molar-refractivity contribution in [3.63, 3.8) is 0 Å². The Morgan fingerprint density at radius 2 is 2.27 bits per heavy atom. The van der Waals surface area contributed by atoms with E-state index in [1.54, 1.807) is 0 Å². The minimum absolute atomic E-state index is 0.0681. The number of rotatable bonds is 5. The molecule has 1 fully saturated rings. The van der Waals surface area contributed by atoms with Gasteiger partial charge in [0.25, 0.3) is 0 Å². The van der Waals surface area contributed by atoms with E-state index in [4.69, 9.17) is 5.73 Å². The Balaban J connectivity index is 2.15. The van der Waals surface area contributed by atoms with E-state index in [0.29, 0.717) is 19.4 Å². The molecule has 0 aliphatic carbocycles. The van der Waals surface area contributed by atoms with Gasteiger partial charge in [-0.05, 0) is 26.3 Å². The van der Waals surface area contributed by atoms with Crippen LogP contribution in [0, 0.1) is 5.92 Å². The molecule has 15 heavy (non-hydrogen) atoms. The number of nitrogens with two attached hydrogens (primary N) is 1. The van der Waals surface area contributed by atoms with Gasteiger partial charge < -0.3 is 16.4 Å². The van der Waals surface area contributed by atoms with Gasteiger partial charge in [-0.15, -0.1) is 0 Å². The molecule has 0 aromatic heterocycles. The standard InChI is InChI=1S/C10H19N3O2/c1-7-8(4-6-12-7)10(15)13-5-2-3-9(11)14/h7-8,12H,2-6H2,1H3,(H2,11,14)(H,13,15). The van der Waals surface area contributed by atoms with Crippen molar-refractivity contribution in [3.8, 4) is 0 Å². The Labute approximate surface area is 89.8 Å². The fourth-order valence-electron chi connectivity index (χ4n) is 1.82. The van der Waals surface area contributed by atoms with Gasteiger partial charge in [0.2, 0.25) is 11.8 Å². The number of carbonyl (C=O) groups is 2. The minimum Gasteiger partial charge on any atom is -0.370 e. The first-order valence-electron chi connectivity index (χ1n) is 5.40. The molecule has 0 aromatic carbocycles. The largest absolute Gasteiger partial charge is 0.370 e. The van der Waals surface area contributed by atoms with Crippen LogP contribution in [0.3, 0.4) is 0 Å². The smallest absolute Gasteiger partial charge is 0.224 e. The zero-order valence-corrected chi connectivity index (χ0v) is 9.08. The summed E-state index contributed by atoms with van der Waals surface area (Å²) < 4.78 is 0. The van der Waals surface area contributed by atoms with Crippen LogP contribution < -0.4 is 16.4 Å². The third-order valence-electron chi connectivity index (χ3n) is 2.76. The molecule has 2 amide bonds. The molecule has 5 nitrogen and oxygen atoms in total. The maximum absolute atomic E-state index is 11.6. The summed E-state index contributed by atoms with van der Waals surface area (Å²) >= 11 is 0. The van der Waals surface area contributed by atoms with Gasteiger partial charge in [-0.1, -0.05) is 0 Å². The maximum Gasteiger partial charge on any atom is 0.224 e. The Morgan fingerprint density at radius 3 is 2.80 bits per heavy atom. The molecular formula is C10H19N3O2. The molecule has 0 spiro atoms. The lowest BCUT2D eigenvalue weighted by Crippen LogP contribution is -2.37. The Morgan fingerprint density at radius 1 is 1.53 bits per heavy atom. The third-order valence-corrected chi connectivity index (χ3v) is 2.76. The highest BCUT2D eigenvalue weighted by atomic mass is 16.2. The molecule has 0 bridgehead atoms. The van der Waals surface area contributed by atoms with Crippen molar-refractivity contribution in [1.82, 2.24) is 10.6 Å². The summed E-state index contributed by atoms with van der Waals surface area (Å²) in [6.45, 7) is 3.45. The van der Waals surface area contributed by atoms with Gasteiger partial charge in [0, 0.05) is 19.0 Å². The highest BCUT2D eigenvalue weighted by Crippen LogP contribution is 2.14. The predicted molar refractivity (Wildman–Crippen MR) is 57.0 cm³/mol. The molecule has 2 unspecified atom stereocenters. The van der Waals surface area contributed by atoms with Crippen LogP contribution in [0.4, 0.5) is 0 Å². The Kier molecular flexibility index (Phi) is 4.55. The molecule has 0 aromatic rings. The van der Waals surface area contributed by atoms with Gasteiger partial charge in [-0.25, -0.2) is 0 Å². The monoisotopic (exact) mass is 213 g/mol. The molecule has 1 aliphatic rings. The molecule has 1 saturated heterocycles. The van der Waals surface area contributed by atoms with Crippen molar-refractivity contribution in [2.45, 2.75) is 32.2 Å². The van der Waals surface area contributed by atoms with Gasteiger partial charge in [0.15, 0.2) is 0 Å². The maximum atomic E-state index is 11.6. The lowest BCUT2D eigenvalue weighted by atomic mass is 10.0. The topological polar surface area (TPSA) is 84.2 Å². The van der Waals surface area contributed by atoms with Crippen LogP contribution in [0.25, 0.3) is 0 Å². The first-order valence-corrected chi connectivity index (χ1v) is 5.40. The highest BCUT2D eigenvalue weighted by molar-refractivity contribution is 5.79. The van der Waals surface area contributed by atoms with E-state index in [2.05, 4.69) is 10.6 Å². The van der Waals surface area contributed by atoms with Crippen molar-refractivity contribution in [3.05, 3.63) is 0 Å². The molecule has 1 aliphatic heterocycles. The highest BCUT2D eigenvalue weighted by Gasteiger charge is 2.28. The molecule has 1 heterocycles. The van der Waals surface area contributed by atoms with E-state index in [1.165, 1.54) is 0 Å². The van der Waals surface area contributed by atoms with Gasteiger partial charge in [-0.3, -0.25) is 9.59 Å². The summed E-state index contributed by atoms with van der Waals surface area (Å²) in [5, 5.41) is 6.05.